The smallest absolute Gasteiger partial charge is 0.106 e. The van der Waals surface area contributed by atoms with Gasteiger partial charge in [0.05, 0.1) is 22.7 Å². The number of thiophene rings is 1. The molecule has 4 nitrogen and oxygen atoms in total. The van der Waals surface area contributed by atoms with Crippen LogP contribution in [0.1, 0.15) is 54.7 Å². The molecule has 2 aliphatic rings. The lowest BCUT2D eigenvalue weighted by Crippen LogP contribution is -2.49. The van der Waals surface area contributed by atoms with Crippen LogP contribution < -0.4 is 5.32 Å². The summed E-state index contributed by atoms with van der Waals surface area (Å²) in [5, 5.41) is 3.70. The third-order valence-electron chi connectivity index (χ3n) is 4.96. The molecule has 0 amide bonds. The highest BCUT2D eigenvalue weighted by Crippen LogP contribution is 2.49. The molecule has 4 heterocycles. The normalized spacial score (nSPS) is 30.6. The fourth-order valence-electron chi connectivity index (χ4n) is 4.00. The number of halogens is 1. The van der Waals surface area contributed by atoms with Gasteiger partial charge in [0.1, 0.15) is 11.4 Å². The fourth-order valence-corrected chi connectivity index (χ4v) is 5.46. The van der Waals surface area contributed by atoms with Crippen LogP contribution in [-0.4, -0.2) is 22.6 Å². The lowest BCUT2D eigenvalue weighted by molar-refractivity contribution is -0.0957. The Bertz CT molecular complexity index is 713. The monoisotopic (exact) mass is 351 g/mol. The van der Waals surface area contributed by atoms with Crippen molar-refractivity contribution < 1.29 is 4.74 Å². The Morgan fingerprint density at radius 2 is 2.35 bits per heavy atom. The van der Waals surface area contributed by atoms with Crippen molar-refractivity contribution in [2.75, 3.05) is 6.61 Å². The SMILES string of the molecule is CCc1ncc(C2CC3(CC(C)N2)OCCc2cc(Cl)sc23)[nH]1. The second-order valence-corrected chi connectivity index (χ2v) is 8.35. The number of hydrogen-bond acceptors (Lipinski definition) is 4. The van der Waals surface area contributed by atoms with E-state index in [0.29, 0.717) is 6.04 Å². The van der Waals surface area contributed by atoms with Gasteiger partial charge in [-0.3, -0.25) is 0 Å². The maximum atomic E-state index is 6.38. The van der Waals surface area contributed by atoms with Crippen molar-refractivity contribution in [3.8, 4) is 0 Å². The standard InChI is InChI=1S/C17H22ClN3OS/c1-3-15-19-9-13(21-15)12-8-17(7-10(2)20-12)16-11(4-5-22-17)6-14(18)23-16/h6,9-10,12,20H,3-5,7-8H2,1-2H3,(H,19,21). The van der Waals surface area contributed by atoms with Crippen molar-refractivity contribution in [3.63, 3.8) is 0 Å². The molecule has 2 aromatic rings. The summed E-state index contributed by atoms with van der Waals surface area (Å²) in [6.07, 6.45) is 5.77. The molecule has 2 N–H and O–H groups in total. The molecule has 0 bridgehead atoms. The molecule has 1 spiro atoms. The molecular weight excluding hydrogens is 330 g/mol. The molecule has 2 aliphatic heterocycles. The van der Waals surface area contributed by atoms with Crippen LogP contribution in [0.4, 0.5) is 0 Å². The third-order valence-corrected chi connectivity index (χ3v) is 6.45. The van der Waals surface area contributed by atoms with Crippen LogP contribution in [0.15, 0.2) is 12.3 Å². The topological polar surface area (TPSA) is 49.9 Å². The first kappa shape index (κ1) is 15.6. The van der Waals surface area contributed by atoms with Gasteiger partial charge in [-0.1, -0.05) is 18.5 Å². The van der Waals surface area contributed by atoms with Crippen LogP contribution in [0.25, 0.3) is 0 Å². The number of H-pyrrole nitrogens is 1. The van der Waals surface area contributed by atoms with Gasteiger partial charge in [0, 0.05) is 30.0 Å². The summed E-state index contributed by atoms with van der Waals surface area (Å²) in [6, 6.07) is 2.74. The number of ether oxygens (including phenoxy) is 1. The van der Waals surface area contributed by atoms with Crippen molar-refractivity contribution in [2.45, 2.75) is 57.2 Å². The zero-order valence-corrected chi connectivity index (χ0v) is 15.1. The molecule has 6 heteroatoms. The van der Waals surface area contributed by atoms with Gasteiger partial charge in [-0.15, -0.1) is 11.3 Å². The minimum atomic E-state index is -0.210. The summed E-state index contributed by atoms with van der Waals surface area (Å²) in [6.45, 7) is 5.13. The van der Waals surface area contributed by atoms with E-state index in [2.05, 4.69) is 35.2 Å². The van der Waals surface area contributed by atoms with Gasteiger partial charge >= 0.3 is 0 Å². The van der Waals surface area contributed by atoms with Crippen LogP contribution in [-0.2, 0) is 23.2 Å². The number of imidazole rings is 1. The quantitative estimate of drug-likeness (QED) is 0.860. The van der Waals surface area contributed by atoms with Gasteiger partial charge in [0.25, 0.3) is 0 Å². The maximum absolute atomic E-state index is 6.38. The van der Waals surface area contributed by atoms with Gasteiger partial charge < -0.3 is 15.0 Å². The number of aromatic amines is 1. The molecule has 3 atom stereocenters. The summed E-state index contributed by atoms with van der Waals surface area (Å²) in [5.41, 5.74) is 2.32. The summed E-state index contributed by atoms with van der Waals surface area (Å²) < 4.78 is 7.25. The Hall–Kier alpha value is -0.880. The van der Waals surface area contributed by atoms with E-state index >= 15 is 0 Å². The zero-order valence-electron chi connectivity index (χ0n) is 13.5. The molecule has 1 saturated heterocycles. The minimum Gasteiger partial charge on any atom is -0.369 e. The first-order valence-electron chi connectivity index (χ1n) is 8.32. The minimum absolute atomic E-state index is 0.210. The molecule has 23 heavy (non-hydrogen) atoms. The van der Waals surface area contributed by atoms with Crippen LogP contribution in [0, 0.1) is 0 Å². The Balaban J connectivity index is 1.69. The predicted octanol–water partition coefficient (Wildman–Crippen LogP) is 3.97. The number of hydrogen-bond donors (Lipinski definition) is 2. The van der Waals surface area contributed by atoms with E-state index < -0.39 is 0 Å². The average molecular weight is 352 g/mol. The molecule has 0 aliphatic carbocycles. The maximum Gasteiger partial charge on any atom is 0.106 e. The second kappa shape index (κ2) is 5.88. The van der Waals surface area contributed by atoms with Gasteiger partial charge in [0.2, 0.25) is 0 Å². The molecule has 0 aromatic carbocycles. The van der Waals surface area contributed by atoms with Crippen molar-refractivity contribution in [3.05, 3.63) is 38.6 Å². The van der Waals surface area contributed by atoms with E-state index in [4.69, 9.17) is 16.3 Å². The number of rotatable bonds is 2. The van der Waals surface area contributed by atoms with Crippen LogP contribution in [0.2, 0.25) is 4.34 Å². The van der Waals surface area contributed by atoms with Gasteiger partial charge in [-0.25, -0.2) is 4.98 Å². The molecule has 2 aromatic heterocycles. The number of fused-ring (bicyclic) bond motifs is 2. The summed E-state index contributed by atoms with van der Waals surface area (Å²) in [5.74, 6) is 1.04. The van der Waals surface area contributed by atoms with Crippen molar-refractivity contribution in [2.24, 2.45) is 0 Å². The molecule has 0 saturated carbocycles. The predicted molar refractivity (Wildman–Crippen MR) is 93.2 cm³/mol. The van der Waals surface area contributed by atoms with Gasteiger partial charge in [0.15, 0.2) is 0 Å². The molecule has 124 valence electrons. The highest BCUT2D eigenvalue weighted by Gasteiger charge is 2.46. The largest absolute Gasteiger partial charge is 0.369 e. The molecule has 4 rings (SSSR count). The van der Waals surface area contributed by atoms with Crippen LogP contribution in [0.5, 0.6) is 0 Å². The summed E-state index contributed by atoms with van der Waals surface area (Å²) in [4.78, 5) is 9.25. The molecular formula is C17H22ClN3OS. The summed E-state index contributed by atoms with van der Waals surface area (Å²) in [7, 11) is 0. The number of nitrogens with one attached hydrogen (secondary N) is 2. The molecule has 3 unspecified atom stereocenters. The number of aromatic nitrogens is 2. The van der Waals surface area contributed by atoms with E-state index in [1.807, 2.05) is 6.20 Å². The van der Waals surface area contributed by atoms with Gasteiger partial charge in [-0.2, -0.15) is 0 Å². The lowest BCUT2D eigenvalue weighted by atomic mass is 9.79. The van der Waals surface area contributed by atoms with Crippen molar-refractivity contribution >= 4 is 22.9 Å². The zero-order chi connectivity index (χ0) is 16.0. The first-order valence-corrected chi connectivity index (χ1v) is 9.51. The highest BCUT2D eigenvalue weighted by atomic mass is 35.5. The van der Waals surface area contributed by atoms with E-state index in [1.54, 1.807) is 11.3 Å². The van der Waals surface area contributed by atoms with E-state index in [-0.39, 0.29) is 11.6 Å². The number of nitrogens with zero attached hydrogens (tertiary/aromatic N) is 1. The third kappa shape index (κ3) is 2.74. The lowest BCUT2D eigenvalue weighted by Gasteiger charge is -2.45. The first-order chi connectivity index (χ1) is 11.1. The Kier molecular flexibility index (Phi) is 4.00. The van der Waals surface area contributed by atoms with Crippen molar-refractivity contribution in [1.29, 1.82) is 0 Å². The highest BCUT2D eigenvalue weighted by molar-refractivity contribution is 7.16. The van der Waals surface area contributed by atoms with Crippen LogP contribution >= 0.6 is 22.9 Å². The molecule has 1 fully saturated rings. The van der Waals surface area contributed by atoms with Crippen molar-refractivity contribution in [1.82, 2.24) is 15.3 Å². The van der Waals surface area contributed by atoms with E-state index in [1.165, 1.54) is 10.4 Å². The molecule has 0 radical (unpaired) electrons. The Labute approximate surface area is 145 Å². The van der Waals surface area contributed by atoms with Gasteiger partial charge in [-0.05, 0) is 31.4 Å². The van der Waals surface area contributed by atoms with E-state index in [0.717, 1.165) is 48.1 Å². The Morgan fingerprint density at radius 1 is 1.48 bits per heavy atom. The summed E-state index contributed by atoms with van der Waals surface area (Å²) >= 11 is 7.99. The van der Waals surface area contributed by atoms with Crippen LogP contribution in [0.3, 0.4) is 0 Å². The average Bonchev–Trinajstić information content (AvgIpc) is 3.13. The fraction of sp³-hybridized carbons (Fsp3) is 0.588. The number of aryl methyl sites for hydroxylation is 1. The Morgan fingerprint density at radius 3 is 3.13 bits per heavy atom. The second-order valence-electron chi connectivity index (χ2n) is 6.66. The number of piperidine rings is 1. The van der Waals surface area contributed by atoms with E-state index in [9.17, 15) is 0 Å².